The number of carboxylic acid groups (broad SMARTS) is 1. The second-order valence-electron chi connectivity index (χ2n) is 3.44. The predicted octanol–water partition coefficient (Wildman–Crippen LogP) is 2.19. The third kappa shape index (κ3) is 2.41. The van der Waals surface area contributed by atoms with Crippen LogP contribution in [0.5, 0.6) is 11.5 Å². The molecular formula is C12H13ClO5. The normalized spacial score (nSPS) is 10.0. The molecule has 98 valence electrons. The van der Waals surface area contributed by atoms with Crippen LogP contribution in [0, 0.1) is 0 Å². The van der Waals surface area contributed by atoms with Gasteiger partial charge >= 0.3 is 5.97 Å². The first-order chi connectivity index (χ1) is 8.47. The lowest BCUT2D eigenvalue weighted by molar-refractivity contribution is -0.131. The average molecular weight is 273 g/mol. The highest BCUT2D eigenvalue weighted by Crippen LogP contribution is 2.39. The van der Waals surface area contributed by atoms with Crippen LogP contribution in [0.2, 0.25) is 5.02 Å². The molecule has 0 aromatic heterocycles. The molecule has 0 radical (unpaired) electrons. The van der Waals surface area contributed by atoms with Crippen molar-refractivity contribution < 1.29 is 24.2 Å². The van der Waals surface area contributed by atoms with E-state index in [0.29, 0.717) is 12.0 Å². The first-order valence-electron chi connectivity index (χ1n) is 5.18. The maximum Gasteiger partial charge on any atom is 0.377 e. The maximum absolute atomic E-state index is 11.6. The molecule has 0 spiro atoms. The predicted molar refractivity (Wildman–Crippen MR) is 65.9 cm³/mol. The summed E-state index contributed by atoms with van der Waals surface area (Å²) in [6, 6.07) is 1.33. The molecule has 1 N–H and O–H groups in total. The van der Waals surface area contributed by atoms with Gasteiger partial charge in [-0.2, -0.15) is 0 Å². The third-order valence-corrected chi connectivity index (χ3v) is 2.90. The molecule has 0 atom stereocenters. The number of carbonyl (C=O) groups is 2. The molecule has 0 saturated heterocycles. The number of halogens is 1. The van der Waals surface area contributed by atoms with Crippen molar-refractivity contribution in [1.82, 2.24) is 0 Å². The van der Waals surface area contributed by atoms with E-state index in [4.69, 9.17) is 26.2 Å². The van der Waals surface area contributed by atoms with Crippen molar-refractivity contribution in [2.75, 3.05) is 14.2 Å². The second-order valence-corrected chi connectivity index (χ2v) is 3.82. The van der Waals surface area contributed by atoms with Gasteiger partial charge in [-0.1, -0.05) is 18.5 Å². The number of methoxy groups -OCH3 is 2. The molecule has 0 fully saturated rings. The van der Waals surface area contributed by atoms with E-state index in [1.165, 1.54) is 20.3 Å². The third-order valence-electron chi connectivity index (χ3n) is 2.51. The zero-order valence-electron chi connectivity index (χ0n) is 10.2. The summed E-state index contributed by atoms with van der Waals surface area (Å²) in [6.07, 6.45) is 0.410. The molecule has 0 unspecified atom stereocenters. The van der Waals surface area contributed by atoms with Crippen molar-refractivity contribution >= 4 is 23.4 Å². The van der Waals surface area contributed by atoms with E-state index in [9.17, 15) is 9.59 Å². The number of carbonyl (C=O) groups excluding carboxylic acids is 1. The molecule has 0 aliphatic heterocycles. The van der Waals surface area contributed by atoms with Crippen LogP contribution >= 0.6 is 11.6 Å². The highest BCUT2D eigenvalue weighted by molar-refractivity contribution is 6.41. The van der Waals surface area contributed by atoms with E-state index in [2.05, 4.69) is 0 Å². The number of hydrogen-bond acceptors (Lipinski definition) is 4. The highest BCUT2D eigenvalue weighted by atomic mass is 35.5. The molecule has 5 nitrogen and oxygen atoms in total. The van der Waals surface area contributed by atoms with Gasteiger partial charge in [0.25, 0.3) is 5.78 Å². The minimum absolute atomic E-state index is 0.0210. The van der Waals surface area contributed by atoms with Crippen LogP contribution in [0.3, 0.4) is 0 Å². The van der Waals surface area contributed by atoms with E-state index in [1.54, 1.807) is 6.92 Å². The van der Waals surface area contributed by atoms with E-state index in [-0.39, 0.29) is 22.1 Å². The topological polar surface area (TPSA) is 72.8 Å². The molecule has 0 bridgehead atoms. The largest absolute Gasteiger partial charge is 0.493 e. The summed E-state index contributed by atoms with van der Waals surface area (Å²) >= 11 is 6.10. The van der Waals surface area contributed by atoms with Gasteiger partial charge in [0.05, 0.1) is 19.2 Å². The Kier molecular flexibility index (Phi) is 4.55. The lowest BCUT2D eigenvalue weighted by Crippen LogP contribution is -2.15. The number of ether oxygens (including phenoxy) is 2. The standard InChI is InChI=1S/C12H13ClO5/c1-4-6-7(10(14)12(15)16)5-8(17-2)11(18-3)9(6)13/h5H,4H2,1-3H3,(H,15,16). The van der Waals surface area contributed by atoms with Crippen molar-refractivity contribution in [2.45, 2.75) is 13.3 Å². The fourth-order valence-corrected chi connectivity index (χ4v) is 2.06. The number of rotatable bonds is 5. The SMILES string of the molecule is CCc1c(C(=O)C(=O)O)cc(OC)c(OC)c1Cl. The Morgan fingerprint density at radius 1 is 1.33 bits per heavy atom. The van der Waals surface area contributed by atoms with Gasteiger partial charge in [0.1, 0.15) is 0 Å². The Labute approximate surface area is 109 Å². The summed E-state index contributed by atoms with van der Waals surface area (Å²) in [6.45, 7) is 1.77. The first kappa shape index (κ1) is 14.3. The number of benzene rings is 1. The summed E-state index contributed by atoms with van der Waals surface area (Å²) < 4.78 is 10.1. The summed E-state index contributed by atoms with van der Waals surface area (Å²) in [5.41, 5.74) is 0.453. The van der Waals surface area contributed by atoms with Crippen molar-refractivity contribution in [3.8, 4) is 11.5 Å². The summed E-state index contributed by atoms with van der Waals surface area (Å²) in [4.78, 5) is 22.4. The molecule has 1 rings (SSSR count). The Hall–Kier alpha value is -1.75. The minimum atomic E-state index is -1.53. The van der Waals surface area contributed by atoms with E-state index >= 15 is 0 Å². The number of hydrogen-bond donors (Lipinski definition) is 1. The van der Waals surface area contributed by atoms with Gasteiger partial charge in [-0.05, 0) is 18.1 Å². The van der Waals surface area contributed by atoms with Gasteiger partial charge in [0.15, 0.2) is 11.5 Å². The van der Waals surface area contributed by atoms with Crippen molar-refractivity contribution in [3.63, 3.8) is 0 Å². The monoisotopic (exact) mass is 272 g/mol. The molecule has 6 heteroatoms. The number of aliphatic carboxylic acids is 1. The Morgan fingerprint density at radius 2 is 1.94 bits per heavy atom. The fraction of sp³-hybridized carbons (Fsp3) is 0.333. The van der Waals surface area contributed by atoms with Crippen LogP contribution in [0.4, 0.5) is 0 Å². The van der Waals surface area contributed by atoms with Crippen LogP contribution in [0.25, 0.3) is 0 Å². The van der Waals surface area contributed by atoms with Gasteiger partial charge in [-0.15, -0.1) is 0 Å². The van der Waals surface area contributed by atoms with Gasteiger partial charge in [0, 0.05) is 5.56 Å². The number of ketones is 1. The minimum Gasteiger partial charge on any atom is -0.493 e. The van der Waals surface area contributed by atoms with Gasteiger partial charge in [0.2, 0.25) is 0 Å². The van der Waals surface area contributed by atoms with E-state index < -0.39 is 11.8 Å². The molecule has 0 heterocycles. The van der Waals surface area contributed by atoms with Crippen molar-refractivity contribution in [3.05, 3.63) is 22.2 Å². The van der Waals surface area contributed by atoms with E-state index in [0.717, 1.165) is 0 Å². The highest BCUT2D eigenvalue weighted by Gasteiger charge is 2.24. The molecule has 1 aromatic carbocycles. The quantitative estimate of drug-likeness (QED) is 0.657. The Bertz CT molecular complexity index is 496. The van der Waals surface area contributed by atoms with Crippen LogP contribution in [-0.2, 0) is 11.2 Å². The van der Waals surface area contributed by atoms with Crippen molar-refractivity contribution in [2.24, 2.45) is 0 Å². The van der Waals surface area contributed by atoms with E-state index in [1.807, 2.05) is 0 Å². The lowest BCUT2D eigenvalue weighted by atomic mass is 10.00. The fourth-order valence-electron chi connectivity index (χ4n) is 1.65. The molecule has 0 aliphatic carbocycles. The van der Waals surface area contributed by atoms with Crippen LogP contribution in [-0.4, -0.2) is 31.1 Å². The Balaban J connectivity index is 3.57. The second kappa shape index (κ2) is 5.73. The maximum atomic E-state index is 11.6. The van der Waals surface area contributed by atoms with Gasteiger partial charge < -0.3 is 14.6 Å². The van der Waals surface area contributed by atoms with Crippen LogP contribution in [0.1, 0.15) is 22.8 Å². The molecule has 1 aromatic rings. The number of carboxylic acids is 1. The van der Waals surface area contributed by atoms with Gasteiger partial charge in [-0.3, -0.25) is 4.79 Å². The smallest absolute Gasteiger partial charge is 0.377 e. The molecule has 18 heavy (non-hydrogen) atoms. The van der Waals surface area contributed by atoms with Gasteiger partial charge in [-0.25, -0.2) is 4.79 Å². The van der Waals surface area contributed by atoms with Crippen LogP contribution in [0.15, 0.2) is 6.07 Å². The zero-order chi connectivity index (χ0) is 13.9. The molecule has 0 saturated carbocycles. The summed E-state index contributed by atoms with van der Waals surface area (Å²) in [7, 11) is 2.80. The summed E-state index contributed by atoms with van der Waals surface area (Å²) in [5, 5.41) is 8.97. The molecule has 0 aliphatic rings. The molecular weight excluding hydrogens is 260 g/mol. The lowest BCUT2D eigenvalue weighted by Gasteiger charge is -2.15. The van der Waals surface area contributed by atoms with Crippen molar-refractivity contribution in [1.29, 1.82) is 0 Å². The number of Topliss-reactive ketones (excluding diaryl/α,β-unsaturated/α-hetero) is 1. The zero-order valence-corrected chi connectivity index (χ0v) is 11.0. The summed E-state index contributed by atoms with van der Waals surface area (Å²) in [5.74, 6) is -2.04. The molecule has 0 amide bonds. The Morgan fingerprint density at radius 3 is 2.33 bits per heavy atom. The average Bonchev–Trinajstić information content (AvgIpc) is 2.36. The van der Waals surface area contributed by atoms with Crippen LogP contribution < -0.4 is 9.47 Å². The first-order valence-corrected chi connectivity index (χ1v) is 5.56.